The third kappa shape index (κ3) is 3.75. The Morgan fingerprint density at radius 3 is 2.50 bits per heavy atom. The third-order valence-corrected chi connectivity index (χ3v) is 3.48. The van der Waals surface area contributed by atoms with Crippen LogP contribution in [-0.2, 0) is 12.0 Å². The van der Waals surface area contributed by atoms with Crippen LogP contribution in [0.5, 0.6) is 5.75 Å². The smallest absolute Gasteiger partial charge is 0.119 e. The van der Waals surface area contributed by atoms with Gasteiger partial charge in [0.1, 0.15) is 5.75 Å². The first kappa shape index (κ1) is 14.9. The molecule has 1 unspecified atom stereocenters. The van der Waals surface area contributed by atoms with Gasteiger partial charge in [0.25, 0.3) is 0 Å². The summed E-state index contributed by atoms with van der Waals surface area (Å²) in [5.74, 6) is 0.779. The summed E-state index contributed by atoms with van der Waals surface area (Å²) < 4.78 is 5.48. The second-order valence-electron chi connectivity index (χ2n) is 5.04. The van der Waals surface area contributed by atoms with Crippen LogP contribution in [0.25, 0.3) is 0 Å². The number of hydrogen-bond donors (Lipinski definition) is 1. The van der Waals surface area contributed by atoms with Crippen molar-refractivity contribution in [3.63, 3.8) is 0 Å². The second kappa shape index (κ2) is 6.29. The number of hydrogen-bond acceptors (Lipinski definition) is 2. The zero-order valence-electron chi connectivity index (χ0n) is 11.8. The number of halogens is 1. The minimum atomic E-state index is -0.944. The molecule has 0 heterocycles. The number of rotatable bonds is 5. The maximum atomic E-state index is 10.7. The van der Waals surface area contributed by atoms with Crippen LogP contribution in [0, 0.1) is 0 Å². The minimum Gasteiger partial charge on any atom is -0.494 e. The van der Waals surface area contributed by atoms with Crippen LogP contribution in [0.3, 0.4) is 0 Å². The quantitative estimate of drug-likeness (QED) is 0.895. The van der Waals surface area contributed by atoms with Gasteiger partial charge in [-0.15, -0.1) is 0 Å². The summed E-state index contributed by atoms with van der Waals surface area (Å²) >= 11 is 5.88. The molecule has 0 bridgehead atoms. The largest absolute Gasteiger partial charge is 0.494 e. The topological polar surface area (TPSA) is 29.5 Å². The normalized spacial score (nSPS) is 13.8. The highest BCUT2D eigenvalue weighted by atomic mass is 35.5. The Bertz CT molecular complexity index is 561. The number of benzene rings is 2. The first-order chi connectivity index (χ1) is 9.51. The maximum Gasteiger partial charge on any atom is 0.119 e. The molecule has 0 saturated heterocycles. The fourth-order valence-electron chi connectivity index (χ4n) is 2.19. The zero-order chi connectivity index (χ0) is 14.6. The molecule has 0 aliphatic heterocycles. The van der Waals surface area contributed by atoms with Crippen LogP contribution in [0.4, 0.5) is 0 Å². The van der Waals surface area contributed by atoms with Crippen molar-refractivity contribution < 1.29 is 9.84 Å². The van der Waals surface area contributed by atoms with Crippen molar-refractivity contribution in [3.8, 4) is 5.75 Å². The highest BCUT2D eigenvalue weighted by molar-refractivity contribution is 6.30. The molecule has 1 atom stereocenters. The number of ether oxygens (including phenoxy) is 1. The molecule has 0 spiro atoms. The fraction of sp³-hybridized carbons (Fsp3) is 0.294. The van der Waals surface area contributed by atoms with E-state index in [9.17, 15) is 5.11 Å². The average molecular weight is 291 g/mol. The molecule has 0 radical (unpaired) electrons. The molecule has 20 heavy (non-hydrogen) atoms. The predicted octanol–water partition coefficient (Wildman–Crippen LogP) is 4.19. The van der Waals surface area contributed by atoms with Gasteiger partial charge in [0.2, 0.25) is 0 Å². The van der Waals surface area contributed by atoms with Gasteiger partial charge in [-0.3, -0.25) is 0 Å². The van der Waals surface area contributed by atoms with Crippen molar-refractivity contribution >= 4 is 11.6 Å². The van der Waals surface area contributed by atoms with Crippen molar-refractivity contribution in [3.05, 3.63) is 64.7 Å². The standard InChI is InChI=1S/C17H19ClO2/c1-3-20-16-6-4-5-14(11-16)17(2,19)12-13-7-9-15(18)10-8-13/h4-11,19H,3,12H2,1-2H3. The SMILES string of the molecule is CCOc1cccc(C(C)(O)Cc2ccc(Cl)cc2)c1. The van der Waals surface area contributed by atoms with Gasteiger partial charge >= 0.3 is 0 Å². The molecule has 0 saturated carbocycles. The monoisotopic (exact) mass is 290 g/mol. The third-order valence-electron chi connectivity index (χ3n) is 3.23. The maximum absolute atomic E-state index is 10.7. The van der Waals surface area contributed by atoms with Gasteiger partial charge in [-0.05, 0) is 49.2 Å². The summed E-state index contributed by atoms with van der Waals surface area (Å²) in [6.45, 7) is 4.37. The summed E-state index contributed by atoms with van der Waals surface area (Å²) in [6, 6.07) is 15.1. The van der Waals surface area contributed by atoms with Crippen LogP contribution in [0.1, 0.15) is 25.0 Å². The first-order valence-electron chi connectivity index (χ1n) is 6.71. The molecule has 0 fully saturated rings. The summed E-state index contributed by atoms with van der Waals surface area (Å²) in [4.78, 5) is 0. The van der Waals surface area contributed by atoms with E-state index in [0.717, 1.165) is 16.9 Å². The van der Waals surface area contributed by atoms with Gasteiger partial charge in [0, 0.05) is 11.4 Å². The van der Waals surface area contributed by atoms with Crippen molar-refractivity contribution in [1.29, 1.82) is 0 Å². The summed E-state index contributed by atoms with van der Waals surface area (Å²) in [5.41, 5.74) is 0.945. The molecule has 2 nitrogen and oxygen atoms in total. The molecule has 2 rings (SSSR count). The Labute approximate surface area is 125 Å². The van der Waals surface area contributed by atoms with E-state index in [0.29, 0.717) is 18.1 Å². The molecular formula is C17H19ClO2. The Kier molecular flexibility index (Phi) is 4.69. The summed E-state index contributed by atoms with van der Waals surface area (Å²) in [7, 11) is 0. The Hall–Kier alpha value is -1.51. The van der Waals surface area contributed by atoms with Crippen LogP contribution < -0.4 is 4.74 Å². The van der Waals surface area contributed by atoms with Gasteiger partial charge < -0.3 is 9.84 Å². The van der Waals surface area contributed by atoms with E-state index in [-0.39, 0.29) is 0 Å². The van der Waals surface area contributed by atoms with E-state index in [1.807, 2.05) is 62.4 Å². The van der Waals surface area contributed by atoms with Crippen molar-refractivity contribution in [2.75, 3.05) is 6.61 Å². The van der Waals surface area contributed by atoms with Gasteiger partial charge in [0.05, 0.1) is 12.2 Å². The molecule has 0 amide bonds. The van der Waals surface area contributed by atoms with E-state index < -0.39 is 5.60 Å². The fourth-order valence-corrected chi connectivity index (χ4v) is 2.32. The first-order valence-corrected chi connectivity index (χ1v) is 7.09. The molecule has 2 aromatic carbocycles. The molecule has 0 aromatic heterocycles. The van der Waals surface area contributed by atoms with Crippen LogP contribution in [0.15, 0.2) is 48.5 Å². The van der Waals surface area contributed by atoms with Gasteiger partial charge in [-0.25, -0.2) is 0 Å². The molecule has 0 aliphatic rings. The molecule has 0 aliphatic carbocycles. The zero-order valence-corrected chi connectivity index (χ0v) is 12.5. The van der Waals surface area contributed by atoms with Crippen LogP contribution >= 0.6 is 11.6 Å². The van der Waals surface area contributed by atoms with Gasteiger partial charge in [-0.2, -0.15) is 0 Å². The minimum absolute atomic E-state index is 0.528. The number of aliphatic hydroxyl groups is 1. The molecular weight excluding hydrogens is 272 g/mol. The molecule has 3 heteroatoms. The van der Waals surface area contributed by atoms with E-state index >= 15 is 0 Å². The lowest BCUT2D eigenvalue weighted by molar-refractivity contribution is 0.0573. The lowest BCUT2D eigenvalue weighted by Gasteiger charge is -2.24. The highest BCUT2D eigenvalue weighted by Gasteiger charge is 2.24. The predicted molar refractivity (Wildman–Crippen MR) is 82.3 cm³/mol. The lowest BCUT2D eigenvalue weighted by atomic mass is 9.89. The second-order valence-corrected chi connectivity index (χ2v) is 5.47. The van der Waals surface area contributed by atoms with Crippen molar-refractivity contribution in [1.82, 2.24) is 0 Å². The summed E-state index contributed by atoms with van der Waals surface area (Å²) in [6.07, 6.45) is 0.528. The van der Waals surface area contributed by atoms with E-state index in [4.69, 9.17) is 16.3 Å². The Morgan fingerprint density at radius 2 is 1.85 bits per heavy atom. The summed E-state index contributed by atoms with van der Waals surface area (Å²) in [5, 5.41) is 11.4. The van der Waals surface area contributed by atoms with Crippen LogP contribution in [-0.4, -0.2) is 11.7 Å². The highest BCUT2D eigenvalue weighted by Crippen LogP contribution is 2.28. The van der Waals surface area contributed by atoms with Crippen LogP contribution in [0.2, 0.25) is 5.02 Å². The van der Waals surface area contributed by atoms with Gasteiger partial charge in [0.15, 0.2) is 0 Å². The van der Waals surface area contributed by atoms with Crippen molar-refractivity contribution in [2.24, 2.45) is 0 Å². The van der Waals surface area contributed by atoms with E-state index in [1.54, 1.807) is 0 Å². The molecule has 1 N–H and O–H groups in total. The average Bonchev–Trinajstić information content (AvgIpc) is 2.42. The molecule has 2 aromatic rings. The Balaban J connectivity index is 2.20. The van der Waals surface area contributed by atoms with E-state index in [2.05, 4.69) is 0 Å². The van der Waals surface area contributed by atoms with Gasteiger partial charge in [-0.1, -0.05) is 35.9 Å². The van der Waals surface area contributed by atoms with E-state index in [1.165, 1.54) is 0 Å². The lowest BCUT2D eigenvalue weighted by Crippen LogP contribution is -2.24. The molecule has 106 valence electrons. The van der Waals surface area contributed by atoms with Crippen molar-refractivity contribution in [2.45, 2.75) is 25.9 Å². The Morgan fingerprint density at radius 1 is 1.15 bits per heavy atom.